The molecule has 0 spiro atoms. The second-order valence-electron chi connectivity index (χ2n) is 8.30. The molecule has 27 heavy (non-hydrogen) atoms. The minimum absolute atomic E-state index is 0.111. The number of hydrogen-bond acceptors (Lipinski definition) is 3. The number of nitrogens with zero attached hydrogens (tertiary/aromatic N) is 2. The number of aliphatic carboxylic acids is 1. The molecule has 0 fully saturated rings. The molecule has 146 valence electrons. The number of aromatic nitrogens is 2. The Balaban J connectivity index is 2.15. The zero-order valence-corrected chi connectivity index (χ0v) is 17.0. The second-order valence-corrected chi connectivity index (χ2v) is 8.30. The summed E-state index contributed by atoms with van der Waals surface area (Å²) in [5, 5.41) is 24.4. The van der Waals surface area contributed by atoms with E-state index in [0.717, 1.165) is 53.8 Å². The highest BCUT2D eigenvalue weighted by atomic mass is 16.4. The van der Waals surface area contributed by atoms with Crippen LogP contribution in [0, 0.1) is 6.92 Å². The summed E-state index contributed by atoms with van der Waals surface area (Å²) in [7, 11) is 0. The van der Waals surface area contributed by atoms with Gasteiger partial charge in [0.05, 0.1) is 5.69 Å². The van der Waals surface area contributed by atoms with E-state index in [1.807, 2.05) is 6.92 Å². The van der Waals surface area contributed by atoms with Gasteiger partial charge in [-0.25, -0.2) is 0 Å². The Labute approximate surface area is 161 Å². The third-order valence-electron chi connectivity index (χ3n) is 5.53. The van der Waals surface area contributed by atoms with E-state index in [1.54, 1.807) is 4.68 Å². The van der Waals surface area contributed by atoms with E-state index in [2.05, 4.69) is 38.9 Å². The number of carboxylic acid groups (broad SMARTS) is 1. The van der Waals surface area contributed by atoms with Gasteiger partial charge < -0.3 is 10.2 Å². The number of benzene rings is 1. The van der Waals surface area contributed by atoms with Crippen LogP contribution in [-0.4, -0.2) is 26.0 Å². The van der Waals surface area contributed by atoms with Crippen molar-refractivity contribution in [3.63, 3.8) is 0 Å². The summed E-state index contributed by atoms with van der Waals surface area (Å²) in [6.07, 6.45) is 3.74. The molecule has 2 N–H and O–H groups in total. The first kappa shape index (κ1) is 19.5. The molecule has 1 heterocycles. The molecule has 5 heteroatoms. The van der Waals surface area contributed by atoms with Crippen LogP contribution in [0.25, 0.3) is 0 Å². The Morgan fingerprint density at radius 2 is 1.85 bits per heavy atom. The molecule has 0 atom stereocenters. The SMILES string of the molecule is Cc1cc(Cc2c(C(C)C)nn(CC(=O)O)c2C(C)C)c2c(c1O)CCC2. The van der Waals surface area contributed by atoms with Crippen molar-refractivity contribution in [3.8, 4) is 5.75 Å². The van der Waals surface area contributed by atoms with Crippen LogP contribution < -0.4 is 0 Å². The van der Waals surface area contributed by atoms with Crippen LogP contribution in [0.4, 0.5) is 0 Å². The maximum Gasteiger partial charge on any atom is 0.325 e. The van der Waals surface area contributed by atoms with Crippen LogP contribution in [-0.2, 0) is 30.6 Å². The van der Waals surface area contributed by atoms with Gasteiger partial charge in [-0.15, -0.1) is 0 Å². The maximum atomic E-state index is 11.3. The van der Waals surface area contributed by atoms with Crippen LogP contribution >= 0.6 is 0 Å². The highest BCUT2D eigenvalue weighted by Gasteiger charge is 2.26. The van der Waals surface area contributed by atoms with E-state index in [4.69, 9.17) is 0 Å². The Morgan fingerprint density at radius 1 is 1.19 bits per heavy atom. The standard InChI is InChI=1S/C22H30N2O3/c1-12(2)20-18(21(13(3)4)24(23-20)11-19(25)26)10-15-9-14(5)22(27)17-8-6-7-16(15)17/h9,12-13,27H,6-8,10-11H2,1-5H3,(H,25,26). The fourth-order valence-corrected chi connectivity index (χ4v) is 4.43. The highest BCUT2D eigenvalue weighted by Crippen LogP contribution is 2.38. The van der Waals surface area contributed by atoms with Gasteiger partial charge in [0, 0.05) is 17.7 Å². The number of fused-ring (bicyclic) bond motifs is 1. The van der Waals surface area contributed by atoms with Crippen molar-refractivity contribution >= 4 is 5.97 Å². The molecule has 5 nitrogen and oxygen atoms in total. The van der Waals surface area contributed by atoms with E-state index in [0.29, 0.717) is 5.75 Å². The molecule has 1 aromatic carbocycles. The van der Waals surface area contributed by atoms with Crippen molar-refractivity contribution in [1.29, 1.82) is 0 Å². The first-order valence-electron chi connectivity index (χ1n) is 9.85. The number of phenolic OH excluding ortho intramolecular Hbond substituents is 1. The summed E-state index contributed by atoms with van der Waals surface area (Å²) < 4.78 is 1.67. The summed E-state index contributed by atoms with van der Waals surface area (Å²) >= 11 is 0. The van der Waals surface area contributed by atoms with E-state index in [-0.39, 0.29) is 18.4 Å². The molecule has 1 aliphatic carbocycles. The number of rotatable bonds is 6. The first-order valence-corrected chi connectivity index (χ1v) is 9.85. The molecule has 1 aromatic heterocycles. The Kier molecular flexibility index (Phi) is 5.31. The van der Waals surface area contributed by atoms with Gasteiger partial charge in [-0.05, 0) is 60.3 Å². The van der Waals surface area contributed by atoms with Crippen LogP contribution in [0.3, 0.4) is 0 Å². The van der Waals surface area contributed by atoms with Crippen molar-refractivity contribution in [3.05, 3.63) is 45.3 Å². The van der Waals surface area contributed by atoms with Gasteiger partial charge in [0.1, 0.15) is 12.3 Å². The average molecular weight is 370 g/mol. The van der Waals surface area contributed by atoms with Gasteiger partial charge in [0.25, 0.3) is 0 Å². The van der Waals surface area contributed by atoms with Crippen molar-refractivity contribution in [2.75, 3.05) is 0 Å². The lowest BCUT2D eigenvalue weighted by Crippen LogP contribution is -2.14. The quantitative estimate of drug-likeness (QED) is 0.794. The van der Waals surface area contributed by atoms with Gasteiger partial charge in [-0.3, -0.25) is 9.48 Å². The number of aryl methyl sites for hydroxylation is 1. The summed E-state index contributed by atoms with van der Waals surface area (Å²) in [5.41, 5.74) is 7.68. The van der Waals surface area contributed by atoms with E-state index < -0.39 is 5.97 Å². The Bertz CT molecular complexity index is 878. The number of hydrogen-bond donors (Lipinski definition) is 2. The molecular weight excluding hydrogens is 340 g/mol. The largest absolute Gasteiger partial charge is 0.507 e. The van der Waals surface area contributed by atoms with Crippen molar-refractivity contribution in [1.82, 2.24) is 9.78 Å². The van der Waals surface area contributed by atoms with Gasteiger partial charge in [-0.1, -0.05) is 33.8 Å². The van der Waals surface area contributed by atoms with E-state index >= 15 is 0 Å². The van der Waals surface area contributed by atoms with Crippen LogP contribution in [0.5, 0.6) is 5.75 Å². The molecule has 0 radical (unpaired) electrons. The van der Waals surface area contributed by atoms with E-state index in [1.165, 1.54) is 11.1 Å². The molecule has 0 aliphatic heterocycles. The van der Waals surface area contributed by atoms with Gasteiger partial charge in [0.2, 0.25) is 0 Å². The zero-order chi connectivity index (χ0) is 19.9. The second kappa shape index (κ2) is 7.37. The predicted octanol–water partition coefficient (Wildman–Crippen LogP) is 4.31. The number of carboxylic acids is 1. The van der Waals surface area contributed by atoms with Crippen molar-refractivity contribution in [2.45, 2.75) is 78.7 Å². The summed E-state index contributed by atoms with van der Waals surface area (Å²) in [4.78, 5) is 11.3. The fraction of sp³-hybridized carbons (Fsp3) is 0.545. The highest BCUT2D eigenvalue weighted by molar-refractivity contribution is 5.66. The Hall–Kier alpha value is -2.30. The van der Waals surface area contributed by atoms with Gasteiger partial charge >= 0.3 is 5.97 Å². The number of aromatic hydroxyl groups is 1. The summed E-state index contributed by atoms with van der Waals surface area (Å²) in [6.45, 7) is 10.2. The van der Waals surface area contributed by atoms with Crippen LogP contribution in [0.2, 0.25) is 0 Å². The number of phenols is 1. The molecule has 2 aromatic rings. The maximum absolute atomic E-state index is 11.3. The minimum atomic E-state index is -0.873. The van der Waals surface area contributed by atoms with Crippen LogP contribution in [0.15, 0.2) is 6.07 Å². The minimum Gasteiger partial charge on any atom is -0.507 e. The summed E-state index contributed by atoms with van der Waals surface area (Å²) in [5.74, 6) is -0.0203. The molecule has 0 bridgehead atoms. The lowest BCUT2D eigenvalue weighted by Gasteiger charge is -2.16. The van der Waals surface area contributed by atoms with Crippen LogP contribution in [0.1, 0.15) is 85.2 Å². The molecular formula is C22H30N2O3. The normalized spacial score (nSPS) is 13.6. The smallest absolute Gasteiger partial charge is 0.325 e. The third kappa shape index (κ3) is 3.60. The van der Waals surface area contributed by atoms with Crippen molar-refractivity contribution < 1.29 is 15.0 Å². The van der Waals surface area contributed by atoms with E-state index in [9.17, 15) is 15.0 Å². The monoisotopic (exact) mass is 370 g/mol. The zero-order valence-electron chi connectivity index (χ0n) is 17.0. The number of carbonyl (C=O) groups is 1. The fourth-order valence-electron chi connectivity index (χ4n) is 4.43. The first-order chi connectivity index (χ1) is 12.7. The van der Waals surface area contributed by atoms with Gasteiger partial charge in [-0.2, -0.15) is 5.10 Å². The Morgan fingerprint density at radius 3 is 2.44 bits per heavy atom. The lowest BCUT2D eigenvalue weighted by atomic mass is 9.89. The molecule has 0 saturated carbocycles. The lowest BCUT2D eigenvalue weighted by molar-refractivity contribution is -0.137. The summed E-state index contributed by atoms with van der Waals surface area (Å²) in [6, 6.07) is 2.10. The molecule has 0 unspecified atom stereocenters. The average Bonchev–Trinajstić information content (AvgIpc) is 3.17. The molecule has 3 rings (SSSR count). The predicted molar refractivity (Wildman–Crippen MR) is 106 cm³/mol. The molecule has 1 aliphatic rings. The molecule has 0 amide bonds. The van der Waals surface area contributed by atoms with Crippen molar-refractivity contribution in [2.24, 2.45) is 0 Å². The van der Waals surface area contributed by atoms with Gasteiger partial charge in [0.15, 0.2) is 0 Å². The third-order valence-corrected chi connectivity index (χ3v) is 5.53. The molecule has 0 saturated heterocycles. The topological polar surface area (TPSA) is 75.4 Å².